The van der Waals surface area contributed by atoms with E-state index in [-0.39, 0.29) is 31.1 Å². The molecule has 6 nitrogen and oxygen atoms in total. The predicted octanol–water partition coefficient (Wildman–Crippen LogP) is 23.7. The third kappa shape index (κ3) is 66.4. The number of hydrogen-bond donors (Lipinski definition) is 0. The van der Waals surface area contributed by atoms with Crippen molar-refractivity contribution in [2.75, 3.05) is 13.2 Å². The van der Waals surface area contributed by atoms with Gasteiger partial charge in [-0.05, 0) is 116 Å². The van der Waals surface area contributed by atoms with Gasteiger partial charge >= 0.3 is 17.9 Å². The normalized spacial score (nSPS) is 13.0. The monoisotopic (exact) mass is 1130 g/mol. The molecule has 1 unspecified atom stereocenters. The average molecular weight is 1140 g/mol. The number of hydrogen-bond acceptors (Lipinski definition) is 6. The maximum atomic E-state index is 12.9. The second kappa shape index (κ2) is 69.0. The Labute approximate surface area is 506 Å². The van der Waals surface area contributed by atoms with Crippen molar-refractivity contribution < 1.29 is 28.6 Å². The molecule has 0 N–H and O–H groups in total. The molecule has 0 spiro atoms. The fraction of sp³-hybridized carbons (Fsp3) is 0.671. The molecule has 0 rings (SSSR count). The molecule has 0 heterocycles. The van der Waals surface area contributed by atoms with Crippen molar-refractivity contribution >= 4 is 17.9 Å². The van der Waals surface area contributed by atoms with Crippen molar-refractivity contribution in [1.82, 2.24) is 0 Å². The van der Waals surface area contributed by atoms with Crippen LogP contribution in [0.3, 0.4) is 0 Å². The molecule has 466 valence electrons. The summed E-state index contributed by atoms with van der Waals surface area (Å²) in [6, 6.07) is 0. The molecule has 0 aliphatic heterocycles. The Kier molecular flexibility index (Phi) is 65.3. The van der Waals surface area contributed by atoms with Crippen LogP contribution in [0.25, 0.3) is 0 Å². The number of esters is 3. The van der Waals surface area contributed by atoms with Crippen molar-refractivity contribution in [2.45, 2.75) is 316 Å². The summed E-state index contributed by atoms with van der Waals surface area (Å²) in [4.78, 5) is 38.5. The van der Waals surface area contributed by atoms with Crippen LogP contribution in [0.15, 0.2) is 134 Å². The van der Waals surface area contributed by atoms with Crippen molar-refractivity contribution in [3.8, 4) is 0 Å². The van der Waals surface area contributed by atoms with Crippen molar-refractivity contribution in [3.05, 3.63) is 134 Å². The highest BCUT2D eigenvalue weighted by atomic mass is 16.6. The second-order valence-electron chi connectivity index (χ2n) is 22.3. The molecule has 0 aromatic heterocycles. The quantitative estimate of drug-likeness (QED) is 0.0261. The summed E-state index contributed by atoms with van der Waals surface area (Å²) in [6.45, 7) is 6.42. The van der Waals surface area contributed by atoms with Gasteiger partial charge in [0.25, 0.3) is 0 Å². The van der Waals surface area contributed by atoms with Crippen molar-refractivity contribution in [2.24, 2.45) is 0 Å². The van der Waals surface area contributed by atoms with Gasteiger partial charge in [-0.3, -0.25) is 14.4 Å². The second-order valence-corrected chi connectivity index (χ2v) is 22.3. The number of rotatable bonds is 61. The molecule has 0 amide bonds. The Morgan fingerprint density at radius 3 is 0.744 bits per heavy atom. The summed E-state index contributed by atoms with van der Waals surface area (Å²) in [5.41, 5.74) is 0. The minimum Gasteiger partial charge on any atom is -0.462 e. The largest absolute Gasteiger partial charge is 0.462 e. The summed E-state index contributed by atoms with van der Waals surface area (Å²) >= 11 is 0. The van der Waals surface area contributed by atoms with E-state index in [1.165, 1.54) is 109 Å². The Morgan fingerprint density at radius 1 is 0.256 bits per heavy atom. The van der Waals surface area contributed by atoms with E-state index >= 15 is 0 Å². The molecule has 82 heavy (non-hydrogen) atoms. The van der Waals surface area contributed by atoms with Gasteiger partial charge in [0.1, 0.15) is 13.2 Å². The third-order valence-corrected chi connectivity index (χ3v) is 14.4. The SMILES string of the molecule is CC/C=C\C/C=C\C/C=C\C/C=C\C/C=C\C/C=C\C/C=C\CCCCCCCC(=O)OCC(COC(=O)CCCCCCCCCCCCCCCCCCCC)OC(=O)CCCCCCCC/C=C\C/C=C\C/C=C\C/C=C\CC. The van der Waals surface area contributed by atoms with Crippen LogP contribution in [0, 0.1) is 0 Å². The lowest BCUT2D eigenvalue weighted by molar-refractivity contribution is -0.167. The van der Waals surface area contributed by atoms with Gasteiger partial charge in [0.15, 0.2) is 6.10 Å². The number of carbonyl (C=O) groups excluding carboxylic acids is 3. The van der Waals surface area contributed by atoms with Gasteiger partial charge in [-0.2, -0.15) is 0 Å². The molecular weight excluding hydrogens is 1010 g/mol. The standard InChI is InChI=1S/C76H126O6/c1-4-7-10-13-16-19-22-25-28-31-34-35-36-37-38-39-40-41-43-45-48-51-54-57-60-63-66-69-75(78)81-72-73(71-80-74(77)68-65-62-59-56-53-50-47-44-33-30-27-24-21-18-15-12-9-6-3)82-76(79)70-67-64-61-58-55-52-49-46-42-32-29-26-23-20-17-14-11-8-5-2/h7-8,10-11,16-17,19-20,25-26,28-29,34-35,37-38,40-42,45-46,48,73H,4-6,9,12-15,18,21-24,27,30-33,36,39,43-44,47,49-72H2,1-3H3/b10-7-,11-8-,19-16-,20-17-,28-25-,29-26-,35-34-,38-37-,41-40-,46-42-,48-45-. The maximum Gasteiger partial charge on any atom is 0.306 e. The van der Waals surface area contributed by atoms with Gasteiger partial charge in [-0.15, -0.1) is 0 Å². The van der Waals surface area contributed by atoms with Crippen molar-refractivity contribution in [3.63, 3.8) is 0 Å². The zero-order valence-corrected chi connectivity index (χ0v) is 53.5. The number of allylic oxidation sites excluding steroid dienone is 22. The predicted molar refractivity (Wildman–Crippen MR) is 357 cm³/mol. The summed E-state index contributed by atoms with van der Waals surface area (Å²) in [5.74, 6) is -0.916. The van der Waals surface area contributed by atoms with Crippen LogP contribution in [-0.4, -0.2) is 37.2 Å². The summed E-state index contributed by atoms with van der Waals surface area (Å²) in [7, 11) is 0. The zero-order chi connectivity index (χ0) is 59.2. The Bertz CT molecular complexity index is 1730. The van der Waals surface area contributed by atoms with Crippen LogP contribution in [0.1, 0.15) is 310 Å². The molecule has 0 fully saturated rings. The van der Waals surface area contributed by atoms with Crippen molar-refractivity contribution in [1.29, 1.82) is 0 Å². The molecule has 0 aliphatic carbocycles. The minimum absolute atomic E-state index is 0.0913. The zero-order valence-electron chi connectivity index (χ0n) is 53.5. The van der Waals surface area contributed by atoms with Crippen LogP contribution in [0.2, 0.25) is 0 Å². The molecule has 6 heteroatoms. The van der Waals surface area contributed by atoms with Gasteiger partial charge in [0.05, 0.1) is 0 Å². The van der Waals surface area contributed by atoms with E-state index in [9.17, 15) is 14.4 Å². The van der Waals surface area contributed by atoms with Crippen LogP contribution in [-0.2, 0) is 28.6 Å². The van der Waals surface area contributed by atoms with Crippen LogP contribution in [0.5, 0.6) is 0 Å². The van der Waals surface area contributed by atoms with Crippen LogP contribution < -0.4 is 0 Å². The molecular formula is C76H126O6. The highest BCUT2D eigenvalue weighted by Crippen LogP contribution is 2.16. The van der Waals surface area contributed by atoms with Gasteiger partial charge in [0, 0.05) is 19.3 Å². The first-order valence-electron chi connectivity index (χ1n) is 34.2. The fourth-order valence-electron chi connectivity index (χ4n) is 9.36. The highest BCUT2D eigenvalue weighted by molar-refractivity contribution is 5.71. The van der Waals surface area contributed by atoms with Gasteiger partial charge in [0.2, 0.25) is 0 Å². The first-order chi connectivity index (χ1) is 40.5. The van der Waals surface area contributed by atoms with E-state index in [0.717, 1.165) is 161 Å². The van der Waals surface area contributed by atoms with E-state index in [2.05, 4.69) is 154 Å². The number of carbonyl (C=O) groups is 3. The summed E-state index contributed by atoms with van der Waals surface area (Å²) in [6.07, 6.45) is 97.4. The average Bonchev–Trinajstić information content (AvgIpc) is 3.47. The van der Waals surface area contributed by atoms with Gasteiger partial charge < -0.3 is 14.2 Å². The molecule has 1 atom stereocenters. The minimum atomic E-state index is -0.800. The molecule has 0 aromatic carbocycles. The smallest absolute Gasteiger partial charge is 0.306 e. The lowest BCUT2D eigenvalue weighted by atomic mass is 10.0. The molecule has 0 bridgehead atoms. The van der Waals surface area contributed by atoms with E-state index < -0.39 is 6.10 Å². The Hall–Kier alpha value is -4.45. The molecule has 0 saturated carbocycles. The maximum absolute atomic E-state index is 12.9. The van der Waals surface area contributed by atoms with Crippen LogP contribution >= 0.6 is 0 Å². The van der Waals surface area contributed by atoms with Gasteiger partial charge in [-0.1, -0.05) is 309 Å². The number of ether oxygens (including phenoxy) is 3. The topological polar surface area (TPSA) is 78.9 Å². The fourth-order valence-corrected chi connectivity index (χ4v) is 9.36. The molecule has 0 radical (unpaired) electrons. The van der Waals surface area contributed by atoms with E-state index in [4.69, 9.17) is 14.2 Å². The molecule has 0 aliphatic rings. The Balaban J connectivity index is 4.44. The van der Waals surface area contributed by atoms with E-state index in [0.29, 0.717) is 19.3 Å². The molecule has 0 aromatic rings. The summed E-state index contributed by atoms with van der Waals surface area (Å²) < 4.78 is 17.0. The van der Waals surface area contributed by atoms with E-state index in [1.54, 1.807) is 0 Å². The first kappa shape index (κ1) is 77.5. The lowest BCUT2D eigenvalue weighted by Crippen LogP contribution is -2.30. The first-order valence-corrected chi connectivity index (χ1v) is 34.2. The number of unbranched alkanes of at least 4 members (excludes halogenated alkanes) is 28. The lowest BCUT2D eigenvalue weighted by Gasteiger charge is -2.18. The van der Waals surface area contributed by atoms with Crippen LogP contribution in [0.4, 0.5) is 0 Å². The van der Waals surface area contributed by atoms with Gasteiger partial charge in [-0.25, -0.2) is 0 Å². The highest BCUT2D eigenvalue weighted by Gasteiger charge is 2.19. The molecule has 0 saturated heterocycles. The van der Waals surface area contributed by atoms with E-state index in [1.807, 2.05) is 0 Å². The summed E-state index contributed by atoms with van der Waals surface area (Å²) in [5, 5.41) is 0. The Morgan fingerprint density at radius 2 is 0.476 bits per heavy atom. The third-order valence-electron chi connectivity index (χ3n) is 14.4.